The monoisotopic (exact) mass is 302 g/mol. The SMILES string of the molecule is c1cncc(OC2COC3(CCCN(CC4CCC4)C3)C2)c1. The fourth-order valence-electron chi connectivity index (χ4n) is 4.16. The molecule has 0 N–H and O–H groups in total. The second kappa shape index (κ2) is 6.17. The van der Waals surface area contributed by atoms with Gasteiger partial charge in [0.1, 0.15) is 11.9 Å². The Morgan fingerprint density at radius 1 is 1.36 bits per heavy atom. The smallest absolute Gasteiger partial charge is 0.138 e. The highest BCUT2D eigenvalue weighted by atomic mass is 16.6. The molecule has 3 fully saturated rings. The summed E-state index contributed by atoms with van der Waals surface area (Å²) in [4.78, 5) is 6.76. The molecule has 0 radical (unpaired) electrons. The largest absolute Gasteiger partial charge is 0.486 e. The van der Waals surface area contributed by atoms with Gasteiger partial charge in [-0.15, -0.1) is 0 Å². The lowest BCUT2D eigenvalue weighted by Gasteiger charge is -2.42. The molecule has 1 aromatic heterocycles. The number of pyridine rings is 1. The van der Waals surface area contributed by atoms with Crippen LogP contribution < -0.4 is 4.74 Å². The molecule has 2 aliphatic heterocycles. The summed E-state index contributed by atoms with van der Waals surface area (Å²) in [6, 6.07) is 3.89. The van der Waals surface area contributed by atoms with Gasteiger partial charge < -0.3 is 14.4 Å². The Bertz CT molecular complexity index is 491. The number of ether oxygens (including phenoxy) is 2. The lowest BCUT2D eigenvalue weighted by Crippen LogP contribution is -2.49. The van der Waals surface area contributed by atoms with Gasteiger partial charge in [0.05, 0.1) is 18.4 Å². The zero-order chi connectivity index (χ0) is 14.8. The average molecular weight is 302 g/mol. The summed E-state index contributed by atoms with van der Waals surface area (Å²) in [6.07, 6.45) is 11.5. The Morgan fingerprint density at radius 3 is 3.09 bits per heavy atom. The highest BCUT2D eigenvalue weighted by molar-refractivity contribution is 5.16. The van der Waals surface area contributed by atoms with Crippen molar-refractivity contribution in [3.8, 4) is 5.75 Å². The van der Waals surface area contributed by atoms with Crippen LogP contribution in [0.15, 0.2) is 24.5 Å². The van der Waals surface area contributed by atoms with Gasteiger partial charge in [0.25, 0.3) is 0 Å². The van der Waals surface area contributed by atoms with Crippen molar-refractivity contribution in [3.05, 3.63) is 24.5 Å². The van der Waals surface area contributed by atoms with Gasteiger partial charge in [-0.1, -0.05) is 6.42 Å². The van der Waals surface area contributed by atoms with Crippen LogP contribution in [0.1, 0.15) is 38.5 Å². The maximum absolute atomic E-state index is 6.24. The van der Waals surface area contributed by atoms with Crippen molar-refractivity contribution in [2.24, 2.45) is 5.92 Å². The summed E-state index contributed by atoms with van der Waals surface area (Å²) < 4.78 is 12.3. The average Bonchev–Trinajstić information content (AvgIpc) is 2.86. The quantitative estimate of drug-likeness (QED) is 0.856. The maximum Gasteiger partial charge on any atom is 0.138 e. The molecule has 4 rings (SSSR count). The molecular formula is C18H26N2O2. The van der Waals surface area contributed by atoms with E-state index in [0.29, 0.717) is 6.61 Å². The summed E-state index contributed by atoms with van der Waals surface area (Å²) >= 11 is 0. The third-order valence-corrected chi connectivity index (χ3v) is 5.47. The molecule has 120 valence electrons. The van der Waals surface area contributed by atoms with Gasteiger partial charge in [0, 0.05) is 25.7 Å². The molecule has 22 heavy (non-hydrogen) atoms. The van der Waals surface area contributed by atoms with E-state index in [0.717, 1.165) is 24.6 Å². The molecule has 1 spiro atoms. The van der Waals surface area contributed by atoms with Crippen molar-refractivity contribution in [1.82, 2.24) is 9.88 Å². The minimum atomic E-state index is 0.0366. The fraction of sp³-hybridized carbons (Fsp3) is 0.722. The van der Waals surface area contributed by atoms with Gasteiger partial charge in [0.15, 0.2) is 0 Å². The molecule has 4 heteroatoms. The van der Waals surface area contributed by atoms with E-state index in [2.05, 4.69) is 9.88 Å². The van der Waals surface area contributed by atoms with E-state index in [4.69, 9.17) is 9.47 Å². The van der Waals surface area contributed by atoms with Gasteiger partial charge in [-0.2, -0.15) is 0 Å². The van der Waals surface area contributed by atoms with Crippen LogP contribution in [0.2, 0.25) is 0 Å². The van der Waals surface area contributed by atoms with Crippen molar-refractivity contribution < 1.29 is 9.47 Å². The summed E-state index contributed by atoms with van der Waals surface area (Å²) in [7, 11) is 0. The van der Waals surface area contributed by atoms with Crippen molar-refractivity contribution >= 4 is 0 Å². The van der Waals surface area contributed by atoms with Gasteiger partial charge >= 0.3 is 0 Å². The van der Waals surface area contributed by atoms with Gasteiger partial charge in [-0.05, 0) is 50.3 Å². The first kappa shape index (κ1) is 14.5. The molecule has 0 amide bonds. The Balaban J connectivity index is 1.33. The number of piperidine rings is 1. The van der Waals surface area contributed by atoms with Crippen LogP contribution >= 0.6 is 0 Å². The van der Waals surface area contributed by atoms with Crippen LogP contribution in [0.5, 0.6) is 5.75 Å². The summed E-state index contributed by atoms with van der Waals surface area (Å²) in [5, 5.41) is 0. The molecule has 1 aromatic rings. The van der Waals surface area contributed by atoms with Crippen molar-refractivity contribution in [2.75, 3.05) is 26.2 Å². The van der Waals surface area contributed by atoms with Crippen LogP contribution in [-0.2, 0) is 4.74 Å². The highest BCUT2D eigenvalue weighted by Gasteiger charge is 2.44. The minimum absolute atomic E-state index is 0.0366. The molecule has 0 aromatic carbocycles. The van der Waals surface area contributed by atoms with E-state index >= 15 is 0 Å². The van der Waals surface area contributed by atoms with E-state index in [9.17, 15) is 0 Å². The fourth-order valence-corrected chi connectivity index (χ4v) is 4.16. The Kier molecular flexibility index (Phi) is 4.05. The zero-order valence-electron chi connectivity index (χ0n) is 13.2. The van der Waals surface area contributed by atoms with Crippen LogP contribution in [0, 0.1) is 5.92 Å². The molecule has 2 atom stereocenters. The summed E-state index contributed by atoms with van der Waals surface area (Å²) in [5.74, 6) is 1.80. The Hall–Kier alpha value is -1.13. The van der Waals surface area contributed by atoms with E-state index in [1.807, 2.05) is 12.1 Å². The molecule has 1 aliphatic carbocycles. The van der Waals surface area contributed by atoms with Crippen LogP contribution in [-0.4, -0.2) is 47.8 Å². The molecule has 4 nitrogen and oxygen atoms in total. The van der Waals surface area contributed by atoms with Crippen molar-refractivity contribution in [3.63, 3.8) is 0 Å². The standard InChI is InChI=1S/C18H26N2O2/c1-4-15(5-1)12-20-9-3-7-18(14-20)10-17(13-21-18)22-16-6-2-8-19-11-16/h2,6,8,11,15,17H,1,3-5,7,9-10,12-14H2. The molecule has 1 saturated carbocycles. The summed E-state index contributed by atoms with van der Waals surface area (Å²) in [6.45, 7) is 4.33. The van der Waals surface area contributed by atoms with Gasteiger partial charge in [0.2, 0.25) is 0 Å². The van der Waals surface area contributed by atoms with E-state index in [1.165, 1.54) is 45.2 Å². The van der Waals surface area contributed by atoms with E-state index < -0.39 is 0 Å². The van der Waals surface area contributed by atoms with Crippen molar-refractivity contribution in [1.29, 1.82) is 0 Å². The molecule has 0 bridgehead atoms. The number of rotatable bonds is 4. The summed E-state index contributed by atoms with van der Waals surface area (Å²) in [5.41, 5.74) is 0.0366. The third kappa shape index (κ3) is 3.13. The number of aromatic nitrogens is 1. The topological polar surface area (TPSA) is 34.6 Å². The first-order valence-corrected chi connectivity index (χ1v) is 8.74. The number of likely N-dealkylation sites (tertiary alicyclic amines) is 1. The second-order valence-electron chi connectivity index (χ2n) is 7.26. The van der Waals surface area contributed by atoms with Gasteiger partial charge in [-0.3, -0.25) is 4.98 Å². The second-order valence-corrected chi connectivity index (χ2v) is 7.26. The number of hydrogen-bond donors (Lipinski definition) is 0. The normalized spacial score (nSPS) is 33.0. The Labute approximate surface area is 132 Å². The lowest BCUT2D eigenvalue weighted by molar-refractivity contribution is -0.0569. The highest BCUT2D eigenvalue weighted by Crippen LogP contribution is 2.37. The van der Waals surface area contributed by atoms with Crippen molar-refractivity contribution in [2.45, 2.75) is 50.2 Å². The first-order valence-electron chi connectivity index (χ1n) is 8.74. The van der Waals surface area contributed by atoms with Crippen LogP contribution in [0.25, 0.3) is 0 Å². The third-order valence-electron chi connectivity index (χ3n) is 5.47. The number of nitrogens with zero attached hydrogens (tertiary/aromatic N) is 2. The molecule has 3 heterocycles. The molecule has 3 aliphatic rings. The maximum atomic E-state index is 6.24. The molecule has 2 unspecified atom stereocenters. The minimum Gasteiger partial charge on any atom is -0.486 e. The first-order chi connectivity index (χ1) is 10.8. The predicted molar refractivity (Wildman–Crippen MR) is 85.0 cm³/mol. The van der Waals surface area contributed by atoms with E-state index in [1.54, 1.807) is 12.4 Å². The zero-order valence-corrected chi connectivity index (χ0v) is 13.2. The van der Waals surface area contributed by atoms with Gasteiger partial charge in [-0.25, -0.2) is 0 Å². The van der Waals surface area contributed by atoms with Crippen LogP contribution in [0.3, 0.4) is 0 Å². The number of hydrogen-bond acceptors (Lipinski definition) is 4. The Morgan fingerprint density at radius 2 is 2.32 bits per heavy atom. The molecular weight excluding hydrogens is 276 g/mol. The van der Waals surface area contributed by atoms with E-state index in [-0.39, 0.29) is 11.7 Å². The lowest BCUT2D eigenvalue weighted by atomic mass is 9.83. The molecule has 2 saturated heterocycles. The predicted octanol–water partition coefficient (Wildman–Crippen LogP) is 2.88. The van der Waals surface area contributed by atoms with Crippen LogP contribution in [0.4, 0.5) is 0 Å².